The number of rotatable bonds is 4. The molecule has 124 valence electrons. The van der Waals surface area contributed by atoms with Crippen LogP contribution >= 0.6 is 11.3 Å². The van der Waals surface area contributed by atoms with Crippen LogP contribution in [0.5, 0.6) is 5.75 Å². The summed E-state index contributed by atoms with van der Waals surface area (Å²) < 4.78 is 37.7. The van der Waals surface area contributed by atoms with Crippen LogP contribution in [0, 0.1) is 13.8 Å². The second-order valence-corrected chi connectivity index (χ2v) is 7.66. The van der Waals surface area contributed by atoms with Crippen molar-refractivity contribution in [3.05, 3.63) is 22.7 Å². The highest BCUT2D eigenvalue weighted by Gasteiger charge is 2.17. The van der Waals surface area contributed by atoms with Crippen LogP contribution in [0.2, 0.25) is 0 Å². The average molecular weight is 345 g/mol. The second-order valence-electron chi connectivity index (χ2n) is 4.73. The van der Waals surface area contributed by atoms with Gasteiger partial charge in [0, 0.05) is 12.7 Å². The normalized spacial score (nSPS) is 11.2. The van der Waals surface area contributed by atoms with Crippen LogP contribution in [0.25, 0.3) is 10.2 Å². The highest BCUT2D eigenvalue weighted by molar-refractivity contribution is 7.85. The van der Waals surface area contributed by atoms with Gasteiger partial charge in [0.15, 0.2) is 0 Å². The van der Waals surface area contributed by atoms with Gasteiger partial charge in [0.1, 0.15) is 17.0 Å². The van der Waals surface area contributed by atoms with Crippen LogP contribution < -0.4 is 9.30 Å². The average Bonchev–Trinajstić information content (AvgIpc) is 2.74. The zero-order valence-electron chi connectivity index (χ0n) is 13.7. The van der Waals surface area contributed by atoms with E-state index < -0.39 is 10.1 Å². The van der Waals surface area contributed by atoms with E-state index in [2.05, 4.69) is 37.5 Å². The minimum absolute atomic E-state index is 0.312. The Labute approximate surface area is 136 Å². The van der Waals surface area contributed by atoms with Crippen molar-refractivity contribution in [2.24, 2.45) is 0 Å². The molecule has 0 radical (unpaired) electrons. The summed E-state index contributed by atoms with van der Waals surface area (Å²) in [5, 5.41) is 1.35. The molecule has 0 aliphatic carbocycles. The summed E-state index contributed by atoms with van der Waals surface area (Å²) in [6.45, 7) is 11.5. The number of benzene rings is 1. The van der Waals surface area contributed by atoms with E-state index in [-0.39, 0.29) is 5.75 Å². The first kappa shape index (κ1) is 18.9. The molecule has 0 saturated carbocycles. The lowest BCUT2D eigenvalue weighted by molar-refractivity contribution is -0.669. The van der Waals surface area contributed by atoms with Gasteiger partial charge in [-0.25, -0.2) is 8.42 Å². The fourth-order valence-corrected chi connectivity index (χ4v) is 3.20. The lowest BCUT2D eigenvalue weighted by Gasteiger charge is -2.05. The molecule has 7 heteroatoms. The van der Waals surface area contributed by atoms with Gasteiger partial charge in [0.25, 0.3) is 0 Å². The predicted molar refractivity (Wildman–Crippen MR) is 88.6 cm³/mol. The molecule has 0 amide bonds. The Morgan fingerprint density at radius 2 is 1.82 bits per heavy atom. The largest absolute Gasteiger partial charge is 0.748 e. The lowest BCUT2D eigenvalue weighted by Crippen LogP contribution is -2.33. The van der Waals surface area contributed by atoms with Crippen molar-refractivity contribution in [3.63, 3.8) is 0 Å². The number of hydrogen-bond acceptors (Lipinski definition) is 5. The Hall–Kier alpha value is -1.18. The lowest BCUT2D eigenvalue weighted by atomic mass is 10.2. The minimum Gasteiger partial charge on any atom is -0.748 e. The van der Waals surface area contributed by atoms with E-state index in [9.17, 15) is 13.0 Å². The predicted octanol–water partition coefficient (Wildman–Crippen LogP) is 2.78. The van der Waals surface area contributed by atoms with Gasteiger partial charge < -0.3 is 9.29 Å². The SMILES string of the molecule is CCOc1cc2c(cc1C)sc(C)[n+]2CC.CCS(=O)(=O)[O-]. The molecule has 0 spiro atoms. The first-order valence-electron chi connectivity index (χ1n) is 7.23. The van der Waals surface area contributed by atoms with Crippen LogP contribution in [-0.2, 0) is 16.7 Å². The number of thiazole rings is 1. The summed E-state index contributed by atoms with van der Waals surface area (Å²) in [7, 11) is -3.91. The van der Waals surface area contributed by atoms with Crippen molar-refractivity contribution in [3.8, 4) is 5.75 Å². The van der Waals surface area contributed by atoms with Crippen molar-refractivity contribution in [2.45, 2.75) is 41.2 Å². The highest BCUT2D eigenvalue weighted by atomic mass is 32.2. The molecule has 0 unspecified atom stereocenters. The third kappa shape index (κ3) is 4.93. The molecule has 0 saturated heterocycles. The monoisotopic (exact) mass is 345 g/mol. The van der Waals surface area contributed by atoms with Gasteiger partial charge in [-0.1, -0.05) is 18.3 Å². The fourth-order valence-electron chi connectivity index (χ4n) is 2.03. The third-order valence-corrected chi connectivity index (χ3v) is 4.92. The zero-order chi connectivity index (χ0) is 16.9. The van der Waals surface area contributed by atoms with Crippen LogP contribution in [0.4, 0.5) is 0 Å². The van der Waals surface area contributed by atoms with Crippen molar-refractivity contribution in [1.29, 1.82) is 0 Å². The van der Waals surface area contributed by atoms with E-state index in [1.165, 1.54) is 27.7 Å². The number of ether oxygens (including phenoxy) is 1. The molecule has 0 aliphatic heterocycles. The fraction of sp³-hybridized carbons (Fsp3) is 0.533. The number of fused-ring (bicyclic) bond motifs is 1. The van der Waals surface area contributed by atoms with Gasteiger partial charge >= 0.3 is 0 Å². The molecule has 0 N–H and O–H groups in total. The molecular weight excluding hydrogens is 322 g/mol. The van der Waals surface area contributed by atoms with E-state index in [4.69, 9.17) is 4.74 Å². The van der Waals surface area contributed by atoms with Crippen molar-refractivity contribution < 1.29 is 22.3 Å². The first-order valence-corrected chi connectivity index (χ1v) is 9.62. The smallest absolute Gasteiger partial charge is 0.235 e. The van der Waals surface area contributed by atoms with Gasteiger partial charge in [0.05, 0.1) is 22.8 Å². The highest BCUT2D eigenvalue weighted by Crippen LogP contribution is 2.28. The number of hydrogen-bond donors (Lipinski definition) is 0. The van der Waals surface area contributed by atoms with E-state index in [1.807, 2.05) is 18.3 Å². The van der Waals surface area contributed by atoms with Crippen molar-refractivity contribution in [1.82, 2.24) is 0 Å². The summed E-state index contributed by atoms with van der Waals surface area (Å²) in [6, 6.07) is 4.39. The molecule has 5 nitrogen and oxygen atoms in total. The molecule has 0 atom stereocenters. The Balaban J connectivity index is 0.000000346. The van der Waals surface area contributed by atoms with Crippen LogP contribution in [0.3, 0.4) is 0 Å². The third-order valence-electron chi connectivity index (χ3n) is 3.15. The Kier molecular flexibility index (Phi) is 6.77. The molecule has 1 aromatic carbocycles. The van der Waals surface area contributed by atoms with Crippen LogP contribution in [0.1, 0.15) is 31.3 Å². The summed E-state index contributed by atoms with van der Waals surface area (Å²) in [6.07, 6.45) is 0. The standard InChI is InChI=1S/C13H18NOS.C2H6O3S/c1-5-14-10(4)16-13-7-9(3)12(15-6-2)8-11(13)14;1-2-6(3,4)5/h7-8H,5-6H2,1-4H3;2H2,1H3,(H,3,4,5)/q+1;/p-1. The maximum absolute atomic E-state index is 9.44. The molecule has 1 heterocycles. The second kappa shape index (κ2) is 7.89. The molecular formula is C15H23NO4S2. The van der Waals surface area contributed by atoms with E-state index in [1.54, 1.807) is 0 Å². The maximum Gasteiger partial charge on any atom is 0.235 e. The molecule has 0 bridgehead atoms. The molecule has 22 heavy (non-hydrogen) atoms. The number of aromatic nitrogens is 1. The van der Waals surface area contributed by atoms with Crippen LogP contribution in [0.15, 0.2) is 12.1 Å². The molecule has 0 aliphatic rings. The number of nitrogens with zero attached hydrogens (tertiary/aromatic N) is 1. The summed E-state index contributed by atoms with van der Waals surface area (Å²) in [5.41, 5.74) is 2.51. The Bertz CT molecular complexity index is 736. The topological polar surface area (TPSA) is 70.3 Å². The van der Waals surface area contributed by atoms with E-state index in [0.717, 1.165) is 18.9 Å². The minimum atomic E-state index is -3.91. The van der Waals surface area contributed by atoms with Gasteiger partial charge in [-0.3, -0.25) is 0 Å². The Morgan fingerprint density at radius 1 is 1.23 bits per heavy atom. The summed E-state index contributed by atoms with van der Waals surface area (Å²) in [4.78, 5) is 0. The van der Waals surface area contributed by atoms with Crippen LogP contribution in [-0.4, -0.2) is 25.3 Å². The van der Waals surface area contributed by atoms with E-state index in [0.29, 0.717) is 0 Å². The Morgan fingerprint density at radius 3 is 2.27 bits per heavy atom. The molecule has 0 fully saturated rings. The molecule has 2 rings (SSSR count). The molecule has 2 aromatic rings. The number of aryl methyl sites for hydroxylation is 3. The van der Waals surface area contributed by atoms with Gasteiger partial charge in [-0.15, -0.1) is 0 Å². The van der Waals surface area contributed by atoms with Gasteiger partial charge in [-0.2, -0.15) is 4.57 Å². The van der Waals surface area contributed by atoms with Gasteiger partial charge in [-0.05, 0) is 32.4 Å². The quantitative estimate of drug-likeness (QED) is 0.631. The molecule has 1 aromatic heterocycles. The maximum atomic E-state index is 9.44. The van der Waals surface area contributed by atoms with Crippen molar-refractivity contribution in [2.75, 3.05) is 12.4 Å². The first-order chi connectivity index (χ1) is 10.2. The van der Waals surface area contributed by atoms with E-state index >= 15 is 0 Å². The van der Waals surface area contributed by atoms with Crippen molar-refractivity contribution >= 4 is 31.7 Å². The summed E-state index contributed by atoms with van der Waals surface area (Å²) >= 11 is 1.85. The summed E-state index contributed by atoms with van der Waals surface area (Å²) in [5.74, 6) is 0.697. The zero-order valence-corrected chi connectivity index (χ0v) is 15.3. The van der Waals surface area contributed by atoms with Gasteiger partial charge in [0.2, 0.25) is 10.5 Å².